The molecule has 0 saturated carbocycles. The van der Waals surface area contributed by atoms with E-state index in [-0.39, 0.29) is 28.2 Å². The number of benzene rings is 2. The maximum atomic E-state index is 12.9. The summed E-state index contributed by atoms with van der Waals surface area (Å²) in [6, 6.07) is 11.0. The number of nitrogens with zero attached hydrogens (tertiary/aromatic N) is 2. The molecule has 2 atom stereocenters. The Balaban J connectivity index is 0.000000221. The van der Waals surface area contributed by atoms with Gasteiger partial charge in [0.1, 0.15) is 11.3 Å². The van der Waals surface area contributed by atoms with Gasteiger partial charge in [-0.3, -0.25) is 9.69 Å². The topological polar surface area (TPSA) is 96.9 Å². The third-order valence-corrected chi connectivity index (χ3v) is 7.18. The third kappa shape index (κ3) is 4.66. The van der Waals surface area contributed by atoms with Crippen LogP contribution in [0.25, 0.3) is 16.5 Å². The summed E-state index contributed by atoms with van der Waals surface area (Å²) in [5.74, 6) is -1.37. The van der Waals surface area contributed by atoms with Crippen molar-refractivity contribution < 1.29 is 19.8 Å². The average Bonchev–Trinajstić information content (AvgIpc) is 3.26. The van der Waals surface area contributed by atoms with Crippen LogP contribution in [0.1, 0.15) is 35.3 Å². The first-order chi connectivity index (χ1) is 16.8. The van der Waals surface area contributed by atoms with Crippen LogP contribution in [0.4, 0.5) is 0 Å². The standard InChI is InChI=1S/C20H25N3O.C7H5ClO3/c1-4-23(5-2)20(24)14-9-16-15-7-6-8-17-19(15)13(11-21-17)10-18(16)22(3)12-14;8-5-3-1-2-4(6(5)9)7(10)11/h6-9,11,14,18,21H,4-5,10,12H2,1-3H3;1-3,9H,(H,10,11)/t14-,18-;/m1./s1. The van der Waals surface area contributed by atoms with Gasteiger partial charge in [-0.15, -0.1) is 0 Å². The molecule has 0 fully saturated rings. The minimum absolute atomic E-state index is 0.0445. The molecule has 2 aliphatic rings. The molecule has 1 amide bonds. The number of amides is 1. The van der Waals surface area contributed by atoms with Crippen LogP contribution in [0.3, 0.4) is 0 Å². The number of likely N-dealkylation sites (N-methyl/N-ethyl adjacent to an activating group) is 1. The first-order valence-corrected chi connectivity index (χ1v) is 12.1. The van der Waals surface area contributed by atoms with Crippen LogP contribution in [0.2, 0.25) is 5.02 Å². The van der Waals surface area contributed by atoms with Crippen molar-refractivity contribution in [3.05, 3.63) is 70.4 Å². The van der Waals surface area contributed by atoms with Crippen molar-refractivity contribution >= 4 is 40.0 Å². The number of H-pyrrole nitrogens is 1. The number of nitrogens with one attached hydrogen (secondary N) is 1. The molecule has 8 heteroatoms. The van der Waals surface area contributed by atoms with Crippen LogP contribution in [-0.4, -0.2) is 69.6 Å². The van der Waals surface area contributed by atoms with E-state index < -0.39 is 5.97 Å². The van der Waals surface area contributed by atoms with Crippen LogP contribution in [0.15, 0.2) is 48.7 Å². The van der Waals surface area contributed by atoms with Crippen molar-refractivity contribution in [1.29, 1.82) is 0 Å². The normalized spacial score (nSPS) is 18.8. The van der Waals surface area contributed by atoms with Crippen LogP contribution in [0, 0.1) is 5.92 Å². The van der Waals surface area contributed by atoms with Gasteiger partial charge in [-0.1, -0.05) is 35.9 Å². The second-order valence-electron chi connectivity index (χ2n) is 8.88. The molecular formula is C27H30ClN3O4. The molecular weight excluding hydrogens is 466 g/mol. The van der Waals surface area contributed by atoms with Gasteiger partial charge >= 0.3 is 5.97 Å². The van der Waals surface area contributed by atoms with Gasteiger partial charge in [-0.2, -0.15) is 0 Å². The maximum absolute atomic E-state index is 12.9. The predicted octanol–water partition coefficient (Wildman–Crippen LogP) is 4.65. The molecule has 3 aromatic rings. The fourth-order valence-corrected chi connectivity index (χ4v) is 5.24. The molecule has 1 aliphatic carbocycles. The molecule has 35 heavy (non-hydrogen) atoms. The van der Waals surface area contributed by atoms with E-state index in [0.29, 0.717) is 6.04 Å². The number of carboxylic acids is 1. The highest BCUT2D eigenvalue weighted by Crippen LogP contribution is 2.41. The Morgan fingerprint density at radius 2 is 1.89 bits per heavy atom. The number of rotatable bonds is 4. The molecule has 5 rings (SSSR count). The molecule has 1 aromatic heterocycles. The molecule has 0 bridgehead atoms. The van der Waals surface area contributed by atoms with Crippen LogP contribution >= 0.6 is 11.6 Å². The summed E-state index contributed by atoms with van der Waals surface area (Å²) in [5.41, 5.74) is 5.03. The molecule has 3 N–H and O–H groups in total. The summed E-state index contributed by atoms with van der Waals surface area (Å²) in [7, 11) is 2.15. The zero-order chi connectivity index (χ0) is 25.3. The van der Waals surface area contributed by atoms with Crippen LogP contribution in [-0.2, 0) is 11.2 Å². The van der Waals surface area contributed by atoms with Crippen LogP contribution in [0.5, 0.6) is 5.75 Å². The summed E-state index contributed by atoms with van der Waals surface area (Å²) in [4.78, 5) is 30.9. The van der Waals surface area contributed by atoms with E-state index in [4.69, 9.17) is 21.8 Å². The second-order valence-corrected chi connectivity index (χ2v) is 9.29. The maximum Gasteiger partial charge on any atom is 0.339 e. The number of carboxylic acid groups (broad SMARTS) is 1. The number of phenols is 1. The summed E-state index contributed by atoms with van der Waals surface area (Å²) >= 11 is 5.44. The SMILES string of the molecule is CCN(CC)C(=O)[C@@H]1C=C2c3cccc4[nH]cc(c34)C[C@H]2N(C)C1.O=C(O)c1cccc(Cl)c1O. The molecule has 1 aliphatic heterocycles. The number of hydrogen-bond acceptors (Lipinski definition) is 4. The zero-order valence-electron chi connectivity index (χ0n) is 20.1. The molecule has 0 unspecified atom stereocenters. The van der Waals surface area contributed by atoms with Gasteiger partial charge in [0.2, 0.25) is 5.91 Å². The van der Waals surface area contributed by atoms with Crippen molar-refractivity contribution in [3.8, 4) is 5.75 Å². The highest BCUT2D eigenvalue weighted by Gasteiger charge is 2.36. The Kier molecular flexibility index (Phi) is 7.19. The number of aromatic hydroxyl groups is 1. The molecule has 0 radical (unpaired) electrons. The Morgan fingerprint density at radius 1 is 1.17 bits per heavy atom. The van der Waals surface area contributed by atoms with Gasteiger partial charge in [-0.05, 0) is 62.2 Å². The lowest BCUT2D eigenvalue weighted by Gasteiger charge is -2.40. The van der Waals surface area contributed by atoms with Gasteiger partial charge in [0.25, 0.3) is 0 Å². The van der Waals surface area contributed by atoms with E-state index in [1.54, 1.807) is 0 Å². The lowest BCUT2D eigenvalue weighted by Crippen LogP contribution is -2.47. The first kappa shape index (κ1) is 24.8. The van der Waals surface area contributed by atoms with E-state index >= 15 is 0 Å². The largest absolute Gasteiger partial charge is 0.505 e. The van der Waals surface area contributed by atoms with Gasteiger partial charge in [0.15, 0.2) is 0 Å². The number of carbonyl (C=O) groups excluding carboxylic acids is 1. The number of aromatic nitrogens is 1. The highest BCUT2D eigenvalue weighted by atomic mass is 35.5. The van der Waals surface area contributed by atoms with Gasteiger partial charge in [0.05, 0.1) is 10.9 Å². The van der Waals surface area contributed by atoms with Crippen molar-refractivity contribution in [3.63, 3.8) is 0 Å². The van der Waals surface area contributed by atoms with Gasteiger partial charge in [0, 0.05) is 42.8 Å². The predicted molar refractivity (Wildman–Crippen MR) is 138 cm³/mol. The molecule has 0 spiro atoms. The Labute approximate surface area is 209 Å². The first-order valence-electron chi connectivity index (χ1n) is 11.8. The Bertz CT molecular complexity index is 1290. The van der Waals surface area contributed by atoms with E-state index in [2.05, 4.69) is 61.3 Å². The van der Waals surface area contributed by atoms with E-state index in [9.17, 15) is 9.59 Å². The zero-order valence-corrected chi connectivity index (χ0v) is 20.8. The van der Waals surface area contributed by atoms with Gasteiger partial charge in [-0.25, -0.2) is 4.79 Å². The monoisotopic (exact) mass is 495 g/mol. The Hall–Kier alpha value is -3.29. The number of para-hydroxylation sites is 1. The lowest BCUT2D eigenvalue weighted by atomic mass is 9.79. The minimum atomic E-state index is -1.19. The van der Waals surface area contributed by atoms with E-state index in [0.717, 1.165) is 26.1 Å². The van der Waals surface area contributed by atoms with E-state index in [1.807, 2.05) is 4.90 Å². The van der Waals surface area contributed by atoms with Crippen LogP contribution < -0.4 is 0 Å². The fourth-order valence-electron chi connectivity index (χ4n) is 5.06. The number of carbonyl (C=O) groups is 2. The number of fused-ring (bicyclic) bond motifs is 2. The third-order valence-electron chi connectivity index (χ3n) is 6.88. The average molecular weight is 496 g/mol. The number of hydrogen-bond donors (Lipinski definition) is 3. The number of aromatic carboxylic acids is 1. The molecule has 184 valence electrons. The number of halogens is 1. The molecule has 2 aromatic carbocycles. The summed E-state index contributed by atoms with van der Waals surface area (Å²) in [6.07, 6.45) is 5.41. The van der Waals surface area contributed by atoms with Crippen molar-refractivity contribution in [1.82, 2.24) is 14.8 Å². The summed E-state index contributed by atoms with van der Waals surface area (Å²) < 4.78 is 0. The number of aromatic amines is 1. The van der Waals surface area contributed by atoms with Gasteiger partial charge < -0.3 is 20.1 Å². The van der Waals surface area contributed by atoms with Crippen molar-refractivity contribution in [2.24, 2.45) is 5.92 Å². The second kappa shape index (κ2) is 10.1. The smallest absolute Gasteiger partial charge is 0.339 e. The summed E-state index contributed by atoms with van der Waals surface area (Å²) in [5, 5.41) is 18.9. The fraction of sp³-hybridized carbons (Fsp3) is 0.333. The molecule has 0 saturated heterocycles. The van der Waals surface area contributed by atoms with Crippen molar-refractivity contribution in [2.75, 3.05) is 26.7 Å². The summed E-state index contributed by atoms with van der Waals surface area (Å²) in [6.45, 7) is 6.47. The van der Waals surface area contributed by atoms with Crippen molar-refractivity contribution in [2.45, 2.75) is 26.3 Å². The molecule has 7 nitrogen and oxygen atoms in total. The van der Waals surface area contributed by atoms with E-state index in [1.165, 1.54) is 45.8 Å². The lowest BCUT2D eigenvalue weighted by molar-refractivity contribution is -0.134. The minimum Gasteiger partial charge on any atom is -0.505 e. The Morgan fingerprint density at radius 3 is 2.54 bits per heavy atom. The highest BCUT2D eigenvalue weighted by molar-refractivity contribution is 6.32. The quantitative estimate of drug-likeness (QED) is 0.489. The molecule has 2 heterocycles.